The smallest absolute Gasteiger partial charge is 0.338 e. The monoisotopic (exact) mass is 371 g/mol. The van der Waals surface area contributed by atoms with Gasteiger partial charge in [0.25, 0.3) is 11.8 Å². The number of carbonyl (C=O) groups excluding carboxylic acids is 3. The molecule has 0 saturated heterocycles. The van der Waals surface area contributed by atoms with Gasteiger partial charge in [0.15, 0.2) is 0 Å². The molecule has 0 aliphatic carbocycles. The summed E-state index contributed by atoms with van der Waals surface area (Å²) in [6.07, 6.45) is 0. The van der Waals surface area contributed by atoms with Gasteiger partial charge in [-0.15, -0.1) is 0 Å². The number of carbonyl (C=O) groups is 3. The summed E-state index contributed by atoms with van der Waals surface area (Å²) in [5, 5.41) is 0. The van der Waals surface area contributed by atoms with E-state index in [0.29, 0.717) is 22.4 Å². The molecule has 1 aliphatic rings. The van der Waals surface area contributed by atoms with Gasteiger partial charge in [0, 0.05) is 0 Å². The molecule has 5 heteroatoms. The predicted molar refractivity (Wildman–Crippen MR) is 104 cm³/mol. The van der Waals surface area contributed by atoms with E-state index in [1.807, 2.05) is 31.2 Å². The lowest BCUT2D eigenvalue weighted by molar-refractivity contribution is 0.0472. The Hall–Kier alpha value is -3.73. The van der Waals surface area contributed by atoms with Gasteiger partial charge in [0.1, 0.15) is 6.61 Å². The minimum atomic E-state index is -0.463. The first-order chi connectivity index (χ1) is 13.5. The molecular formula is C23H17NO4. The zero-order valence-corrected chi connectivity index (χ0v) is 15.2. The molecule has 3 aromatic carbocycles. The number of hydrogen-bond acceptors (Lipinski definition) is 4. The number of benzene rings is 3. The first kappa shape index (κ1) is 17.7. The standard InChI is InChI=1S/C23H17NO4/c1-15-6-8-16(9-7-15)14-28-23(27)17-10-12-18(13-11-17)24-21(25)19-4-2-3-5-20(19)22(24)26/h2-13H,14H2,1H3. The molecule has 3 aromatic rings. The van der Waals surface area contributed by atoms with Gasteiger partial charge in [-0.25, -0.2) is 9.69 Å². The third-order valence-corrected chi connectivity index (χ3v) is 4.65. The first-order valence-electron chi connectivity index (χ1n) is 8.85. The molecule has 0 unspecified atom stereocenters. The minimum absolute atomic E-state index is 0.180. The second kappa shape index (κ2) is 7.12. The first-order valence-corrected chi connectivity index (χ1v) is 8.85. The zero-order chi connectivity index (χ0) is 19.7. The minimum Gasteiger partial charge on any atom is -0.457 e. The molecule has 28 heavy (non-hydrogen) atoms. The van der Waals surface area contributed by atoms with E-state index in [1.54, 1.807) is 48.5 Å². The maximum atomic E-state index is 12.5. The molecule has 0 atom stereocenters. The number of amides is 2. The van der Waals surface area contributed by atoms with E-state index in [9.17, 15) is 14.4 Å². The summed E-state index contributed by atoms with van der Waals surface area (Å²) in [5.74, 6) is -1.19. The molecule has 0 bridgehead atoms. The fourth-order valence-electron chi connectivity index (χ4n) is 3.09. The van der Waals surface area contributed by atoms with Crippen LogP contribution in [0.1, 0.15) is 42.2 Å². The summed E-state index contributed by atoms with van der Waals surface area (Å²) in [6, 6.07) is 20.7. The molecule has 1 heterocycles. The van der Waals surface area contributed by atoms with Crippen molar-refractivity contribution in [1.82, 2.24) is 0 Å². The molecular weight excluding hydrogens is 354 g/mol. The fourth-order valence-corrected chi connectivity index (χ4v) is 3.09. The highest BCUT2D eigenvalue weighted by molar-refractivity contribution is 6.34. The molecule has 2 amide bonds. The Labute approximate surface area is 162 Å². The lowest BCUT2D eigenvalue weighted by atomic mass is 10.1. The van der Waals surface area contributed by atoms with Crippen molar-refractivity contribution in [2.45, 2.75) is 13.5 Å². The topological polar surface area (TPSA) is 63.7 Å². The van der Waals surface area contributed by atoms with E-state index in [2.05, 4.69) is 0 Å². The van der Waals surface area contributed by atoms with Crippen molar-refractivity contribution in [2.24, 2.45) is 0 Å². The lowest BCUT2D eigenvalue weighted by Crippen LogP contribution is -2.29. The number of rotatable bonds is 4. The Bertz CT molecular complexity index is 1030. The van der Waals surface area contributed by atoms with Gasteiger partial charge in [-0.1, -0.05) is 42.0 Å². The Morgan fingerprint density at radius 2 is 1.39 bits per heavy atom. The maximum absolute atomic E-state index is 12.5. The second-order valence-corrected chi connectivity index (χ2v) is 6.60. The highest BCUT2D eigenvalue weighted by Crippen LogP contribution is 2.28. The number of esters is 1. The summed E-state index contributed by atoms with van der Waals surface area (Å²) >= 11 is 0. The molecule has 1 aliphatic heterocycles. The molecule has 0 fully saturated rings. The molecule has 138 valence electrons. The van der Waals surface area contributed by atoms with Gasteiger partial charge in [0.2, 0.25) is 0 Å². The fraction of sp³-hybridized carbons (Fsp3) is 0.0870. The maximum Gasteiger partial charge on any atom is 0.338 e. The Balaban J connectivity index is 1.47. The van der Waals surface area contributed by atoms with Gasteiger partial charge in [-0.2, -0.15) is 0 Å². The predicted octanol–water partition coefficient (Wildman–Crippen LogP) is 4.15. The molecule has 0 radical (unpaired) electrons. The van der Waals surface area contributed by atoms with Crippen LogP contribution in [0.25, 0.3) is 0 Å². The van der Waals surface area contributed by atoms with Crippen molar-refractivity contribution in [1.29, 1.82) is 0 Å². The van der Waals surface area contributed by atoms with Gasteiger partial charge < -0.3 is 4.74 Å². The third-order valence-electron chi connectivity index (χ3n) is 4.65. The van der Waals surface area contributed by atoms with Crippen molar-refractivity contribution in [3.05, 3.63) is 101 Å². The van der Waals surface area contributed by atoms with Crippen LogP contribution < -0.4 is 4.90 Å². The summed E-state index contributed by atoms with van der Waals surface area (Å²) < 4.78 is 5.33. The number of aryl methyl sites for hydroxylation is 1. The van der Waals surface area contributed by atoms with Crippen molar-refractivity contribution >= 4 is 23.5 Å². The van der Waals surface area contributed by atoms with Crippen LogP contribution in [0.3, 0.4) is 0 Å². The van der Waals surface area contributed by atoms with Crippen molar-refractivity contribution in [3.8, 4) is 0 Å². The number of fused-ring (bicyclic) bond motifs is 1. The lowest BCUT2D eigenvalue weighted by Gasteiger charge is -2.14. The summed E-state index contributed by atoms with van der Waals surface area (Å²) in [7, 11) is 0. The van der Waals surface area contributed by atoms with E-state index in [-0.39, 0.29) is 18.4 Å². The second-order valence-electron chi connectivity index (χ2n) is 6.60. The number of imide groups is 1. The molecule has 0 aromatic heterocycles. The number of anilines is 1. The Morgan fingerprint density at radius 1 is 0.821 bits per heavy atom. The molecule has 5 nitrogen and oxygen atoms in total. The molecule has 0 saturated carbocycles. The normalized spacial score (nSPS) is 12.8. The van der Waals surface area contributed by atoms with Crippen LogP contribution in [0.5, 0.6) is 0 Å². The van der Waals surface area contributed by atoms with Crippen molar-refractivity contribution in [2.75, 3.05) is 4.90 Å². The largest absolute Gasteiger partial charge is 0.457 e. The van der Waals surface area contributed by atoms with Crippen LogP contribution in [0.4, 0.5) is 5.69 Å². The molecule has 4 rings (SSSR count). The quantitative estimate of drug-likeness (QED) is 0.510. The highest BCUT2D eigenvalue weighted by Gasteiger charge is 2.36. The van der Waals surface area contributed by atoms with Gasteiger partial charge in [-0.3, -0.25) is 9.59 Å². The van der Waals surface area contributed by atoms with Crippen LogP contribution >= 0.6 is 0 Å². The summed E-state index contributed by atoms with van der Waals surface area (Å²) in [4.78, 5) is 38.4. The van der Waals surface area contributed by atoms with E-state index >= 15 is 0 Å². The van der Waals surface area contributed by atoms with Gasteiger partial charge in [0.05, 0.1) is 22.4 Å². The van der Waals surface area contributed by atoms with E-state index in [4.69, 9.17) is 4.74 Å². The van der Waals surface area contributed by atoms with Crippen molar-refractivity contribution in [3.63, 3.8) is 0 Å². The van der Waals surface area contributed by atoms with Crippen LogP contribution in [0, 0.1) is 6.92 Å². The van der Waals surface area contributed by atoms with Crippen LogP contribution in [0.15, 0.2) is 72.8 Å². The van der Waals surface area contributed by atoms with Crippen LogP contribution in [-0.4, -0.2) is 17.8 Å². The average molecular weight is 371 g/mol. The SMILES string of the molecule is Cc1ccc(COC(=O)c2ccc(N3C(=O)c4ccccc4C3=O)cc2)cc1. The van der Waals surface area contributed by atoms with E-state index in [0.717, 1.165) is 16.0 Å². The van der Waals surface area contributed by atoms with Crippen molar-refractivity contribution < 1.29 is 19.1 Å². The van der Waals surface area contributed by atoms with Crippen LogP contribution in [-0.2, 0) is 11.3 Å². The number of nitrogens with zero attached hydrogens (tertiary/aromatic N) is 1. The highest BCUT2D eigenvalue weighted by atomic mass is 16.5. The summed E-state index contributed by atoms with van der Waals surface area (Å²) in [5.41, 5.74) is 3.58. The number of hydrogen-bond donors (Lipinski definition) is 0. The average Bonchev–Trinajstić information content (AvgIpc) is 2.98. The Morgan fingerprint density at radius 3 is 1.96 bits per heavy atom. The Kier molecular flexibility index (Phi) is 4.49. The molecule has 0 spiro atoms. The summed E-state index contributed by atoms with van der Waals surface area (Å²) in [6.45, 7) is 2.17. The number of ether oxygens (including phenoxy) is 1. The van der Waals surface area contributed by atoms with Gasteiger partial charge in [-0.05, 0) is 48.9 Å². The van der Waals surface area contributed by atoms with E-state index in [1.165, 1.54) is 0 Å². The van der Waals surface area contributed by atoms with Crippen LogP contribution in [0.2, 0.25) is 0 Å². The van der Waals surface area contributed by atoms with Gasteiger partial charge >= 0.3 is 5.97 Å². The zero-order valence-electron chi connectivity index (χ0n) is 15.2. The molecule has 0 N–H and O–H groups in total. The third kappa shape index (κ3) is 3.18. The van der Waals surface area contributed by atoms with E-state index < -0.39 is 5.97 Å².